The molecule has 1 aliphatic rings. The molecule has 0 aromatic rings. The Hall–Kier alpha value is -0.0400. The first-order valence-corrected chi connectivity index (χ1v) is 5.30. The van der Waals surface area contributed by atoms with Crippen molar-refractivity contribution in [3.63, 3.8) is 0 Å². The van der Waals surface area contributed by atoms with Gasteiger partial charge in [0.2, 0.25) is 0 Å². The second-order valence-electron chi connectivity index (χ2n) is 4.61. The van der Waals surface area contributed by atoms with Gasteiger partial charge in [-0.3, -0.25) is 0 Å². The van der Waals surface area contributed by atoms with E-state index in [2.05, 4.69) is 20.8 Å². The second-order valence-corrected chi connectivity index (χ2v) is 4.61. The lowest BCUT2D eigenvalue weighted by Gasteiger charge is -2.26. The maximum Gasteiger partial charge on any atom is 0.0575 e. The average Bonchev–Trinajstić information content (AvgIpc) is 2.03. The Morgan fingerprint density at radius 3 is 2.25 bits per heavy atom. The van der Waals surface area contributed by atoms with Gasteiger partial charge in [-0.05, 0) is 37.5 Å². The number of hydrogen-bond donors (Lipinski definition) is 0. The van der Waals surface area contributed by atoms with Gasteiger partial charge in [0, 0.05) is 6.61 Å². The molecular weight excluding hydrogens is 148 g/mol. The van der Waals surface area contributed by atoms with E-state index in [-0.39, 0.29) is 0 Å². The molecule has 0 bridgehead atoms. The van der Waals surface area contributed by atoms with E-state index in [1.807, 2.05) is 0 Å². The Morgan fingerprint density at radius 1 is 1.17 bits per heavy atom. The van der Waals surface area contributed by atoms with E-state index in [1.165, 1.54) is 25.7 Å². The summed E-state index contributed by atoms with van der Waals surface area (Å²) in [6.45, 7) is 7.72. The number of ether oxygens (including phenoxy) is 1. The molecule has 0 heterocycles. The molecule has 0 amide bonds. The Balaban J connectivity index is 2.09. The van der Waals surface area contributed by atoms with Crippen molar-refractivity contribution < 1.29 is 4.74 Å². The van der Waals surface area contributed by atoms with Crippen LogP contribution in [0.5, 0.6) is 0 Å². The van der Waals surface area contributed by atoms with E-state index in [1.54, 1.807) is 0 Å². The summed E-state index contributed by atoms with van der Waals surface area (Å²) in [7, 11) is 0. The van der Waals surface area contributed by atoms with Gasteiger partial charge < -0.3 is 4.74 Å². The molecule has 0 saturated heterocycles. The second kappa shape index (κ2) is 4.86. The van der Waals surface area contributed by atoms with E-state index in [9.17, 15) is 0 Å². The maximum atomic E-state index is 5.79. The van der Waals surface area contributed by atoms with Crippen LogP contribution in [0.2, 0.25) is 0 Å². The fourth-order valence-corrected chi connectivity index (χ4v) is 1.72. The van der Waals surface area contributed by atoms with Gasteiger partial charge in [0.05, 0.1) is 6.10 Å². The van der Waals surface area contributed by atoms with Gasteiger partial charge in [0.25, 0.3) is 0 Å². The van der Waals surface area contributed by atoms with Crippen molar-refractivity contribution in [2.45, 2.75) is 52.6 Å². The van der Waals surface area contributed by atoms with E-state index < -0.39 is 0 Å². The SMILES string of the molecule is CC(C)COC1CCC(C)CC1. The van der Waals surface area contributed by atoms with Crippen LogP contribution < -0.4 is 0 Å². The van der Waals surface area contributed by atoms with Gasteiger partial charge in [-0.15, -0.1) is 0 Å². The summed E-state index contributed by atoms with van der Waals surface area (Å²) in [5.74, 6) is 1.62. The predicted octanol–water partition coefficient (Wildman–Crippen LogP) is 3.24. The molecule has 1 rings (SSSR count). The summed E-state index contributed by atoms with van der Waals surface area (Å²) in [6.07, 6.45) is 5.87. The van der Waals surface area contributed by atoms with Crippen LogP contribution in [0.1, 0.15) is 46.5 Å². The molecule has 0 aromatic heterocycles. The molecule has 0 radical (unpaired) electrons. The van der Waals surface area contributed by atoms with Crippen molar-refractivity contribution in [2.24, 2.45) is 11.8 Å². The largest absolute Gasteiger partial charge is 0.378 e. The molecule has 0 unspecified atom stereocenters. The summed E-state index contributed by atoms with van der Waals surface area (Å²) in [5.41, 5.74) is 0. The number of rotatable bonds is 3. The van der Waals surface area contributed by atoms with Crippen LogP contribution in [0.4, 0.5) is 0 Å². The minimum absolute atomic E-state index is 0.573. The number of hydrogen-bond acceptors (Lipinski definition) is 1. The molecule has 1 fully saturated rings. The monoisotopic (exact) mass is 170 g/mol. The van der Waals surface area contributed by atoms with E-state index in [0.717, 1.165) is 12.5 Å². The summed E-state index contributed by atoms with van der Waals surface area (Å²) >= 11 is 0. The molecule has 0 atom stereocenters. The topological polar surface area (TPSA) is 9.23 Å². The predicted molar refractivity (Wildman–Crippen MR) is 52.2 cm³/mol. The Kier molecular flexibility index (Phi) is 4.07. The third kappa shape index (κ3) is 3.57. The van der Waals surface area contributed by atoms with Gasteiger partial charge in [-0.2, -0.15) is 0 Å². The Morgan fingerprint density at radius 2 is 1.75 bits per heavy atom. The zero-order chi connectivity index (χ0) is 8.97. The van der Waals surface area contributed by atoms with Gasteiger partial charge in [0.15, 0.2) is 0 Å². The summed E-state index contributed by atoms with van der Waals surface area (Å²) in [4.78, 5) is 0. The molecule has 72 valence electrons. The van der Waals surface area contributed by atoms with Crippen LogP contribution in [-0.2, 0) is 4.74 Å². The highest BCUT2D eigenvalue weighted by Crippen LogP contribution is 2.25. The minimum Gasteiger partial charge on any atom is -0.378 e. The third-order valence-corrected chi connectivity index (χ3v) is 2.63. The average molecular weight is 170 g/mol. The molecule has 1 nitrogen and oxygen atoms in total. The molecule has 1 saturated carbocycles. The normalized spacial score (nSPS) is 31.0. The fourth-order valence-electron chi connectivity index (χ4n) is 1.72. The van der Waals surface area contributed by atoms with Crippen molar-refractivity contribution >= 4 is 0 Å². The lowest BCUT2D eigenvalue weighted by Crippen LogP contribution is -2.22. The standard InChI is InChI=1S/C11H22O/c1-9(2)8-12-11-6-4-10(3)5-7-11/h9-11H,4-8H2,1-3H3. The molecule has 0 spiro atoms. The molecule has 0 aromatic carbocycles. The fraction of sp³-hybridized carbons (Fsp3) is 1.00. The highest BCUT2D eigenvalue weighted by Gasteiger charge is 2.18. The van der Waals surface area contributed by atoms with Gasteiger partial charge >= 0.3 is 0 Å². The quantitative estimate of drug-likeness (QED) is 0.632. The highest BCUT2D eigenvalue weighted by atomic mass is 16.5. The van der Waals surface area contributed by atoms with Crippen LogP contribution in [-0.4, -0.2) is 12.7 Å². The smallest absolute Gasteiger partial charge is 0.0575 e. The molecule has 1 heteroatoms. The van der Waals surface area contributed by atoms with Crippen molar-refractivity contribution in [3.8, 4) is 0 Å². The Bertz CT molecular complexity index is 112. The van der Waals surface area contributed by atoms with Gasteiger partial charge in [-0.25, -0.2) is 0 Å². The first kappa shape index (κ1) is 10.0. The molecule has 1 aliphatic carbocycles. The van der Waals surface area contributed by atoms with E-state index in [0.29, 0.717) is 12.0 Å². The summed E-state index contributed by atoms with van der Waals surface area (Å²) in [5, 5.41) is 0. The van der Waals surface area contributed by atoms with Crippen molar-refractivity contribution in [2.75, 3.05) is 6.61 Å². The van der Waals surface area contributed by atoms with Crippen molar-refractivity contribution in [1.29, 1.82) is 0 Å². The first-order chi connectivity index (χ1) is 5.68. The van der Waals surface area contributed by atoms with Crippen molar-refractivity contribution in [3.05, 3.63) is 0 Å². The van der Waals surface area contributed by atoms with Crippen LogP contribution in [0.25, 0.3) is 0 Å². The van der Waals surface area contributed by atoms with E-state index in [4.69, 9.17) is 4.74 Å². The molecule has 0 N–H and O–H groups in total. The lowest BCUT2D eigenvalue weighted by molar-refractivity contribution is 0.00612. The van der Waals surface area contributed by atoms with Crippen molar-refractivity contribution in [1.82, 2.24) is 0 Å². The Labute approximate surface area is 76.5 Å². The van der Waals surface area contributed by atoms with E-state index >= 15 is 0 Å². The first-order valence-electron chi connectivity index (χ1n) is 5.30. The zero-order valence-electron chi connectivity index (χ0n) is 8.68. The van der Waals surface area contributed by atoms with Crippen LogP contribution in [0.3, 0.4) is 0 Å². The maximum absolute atomic E-state index is 5.79. The third-order valence-electron chi connectivity index (χ3n) is 2.63. The van der Waals surface area contributed by atoms with Crippen LogP contribution >= 0.6 is 0 Å². The lowest BCUT2D eigenvalue weighted by atomic mass is 9.89. The summed E-state index contributed by atoms with van der Waals surface area (Å²) in [6, 6.07) is 0. The minimum atomic E-state index is 0.573. The highest BCUT2D eigenvalue weighted by molar-refractivity contribution is 4.69. The van der Waals surface area contributed by atoms with Gasteiger partial charge in [0.1, 0.15) is 0 Å². The molecule has 12 heavy (non-hydrogen) atoms. The van der Waals surface area contributed by atoms with Crippen LogP contribution in [0.15, 0.2) is 0 Å². The molecular formula is C11H22O. The van der Waals surface area contributed by atoms with Crippen LogP contribution in [0, 0.1) is 11.8 Å². The molecule has 0 aliphatic heterocycles. The van der Waals surface area contributed by atoms with Gasteiger partial charge in [-0.1, -0.05) is 20.8 Å². The summed E-state index contributed by atoms with van der Waals surface area (Å²) < 4.78 is 5.79. The zero-order valence-corrected chi connectivity index (χ0v) is 8.68.